The summed E-state index contributed by atoms with van der Waals surface area (Å²) < 4.78 is 15.5. The normalized spacial score (nSPS) is 16.2. The van der Waals surface area contributed by atoms with Gasteiger partial charge in [0.1, 0.15) is 5.82 Å². The minimum absolute atomic E-state index is 0.111. The van der Waals surface area contributed by atoms with Gasteiger partial charge in [0.2, 0.25) is 5.95 Å². The Morgan fingerprint density at radius 2 is 1.67 bits per heavy atom. The van der Waals surface area contributed by atoms with Crippen LogP contribution in [0.4, 0.5) is 10.3 Å². The van der Waals surface area contributed by atoms with Crippen LogP contribution in [0.2, 0.25) is 0 Å². The van der Waals surface area contributed by atoms with Crippen LogP contribution in [0.5, 0.6) is 0 Å². The summed E-state index contributed by atoms with van der Waals surface area (Å²) in [5.74, 6) is 0.520. The minimum Gasteiger partial charge on any atom is -0.338 e. The molecule has 0 fully saturated rings. The summed E-state index contributed by atoms with van der Waals surface area (Å²) in [5, 5.41) is 0. The highest BCUT2D eigenvalue weighted by molar-refractivity contribution is 5.39. The quantitative estimate of drug-likeness (QED) is 0.669. The average molecular weight is 404 g/mol. The van der Waals surface area contributed by atoms with Gasteiger partial charge in [0.15, 0.2) is 0 Å². The molecule has 0 atom stereocenters. The number of benzene rings is 2. The highest BCUT2D eigenvalue weighted by Crippen LogP contribution is 2.26. The van der Waals surface area contributed by atoms with Gasteiger partial charge in [-0.1, -0.05) is 42.5 Å². The zero-order chi connectivity index (χ0) is 20.5. The molecule has 0 N–H and O–H groups in total. The van der Waals surface area contributed by atoms with E-state index in [2.05, 4.69) is 43.6 Å². The lowest BCUT2D eigenvalue weighted by Gasteiger charge is -2.36. The van der Waals surface area contributed by atoms with Gasteiger partial charge in [-0.3, -0.25) is 9.69 Å². The van der Waals surface area contributed by atoms with Crippen molar-refractivity contribution in [3.05, 3.63) is 93.2 Å². The molecule has 0 amide bonds. The molecule has 154 valence electrons. The first-order valence-corrected chi connectivity index (χ1v) is 10.6. The molecule has 0 radical (unpaired) electrons. The van der Waals surface area contributed by atoms with Crippen LogP contribution in [-0.4, -0.2) is 27.5 Å². The lowest BCUT2D eigenvalue weighted by Crippen LogP contribution is -2.42. The highest BCUT2D eigenvalue weighted by atomic mass is 19.1. The second kappa shape index (κ2) is 8.03. The van der Waals surface area contributed by atoms with Gasteiger partial charge in [-0.2, -0.15) is 4.98 Å². The summed E-state index contributed by atoms with van der Waals surface area (Å²) in [4.78, 5) is 21.9. The van der Waals surface area contributed by atoms with Gasteiger partial charge in [0.05, 0.1) is 5.56 Å². The molecule has 0 saturated carbocycles. The topological polar surface area (TPSA) is 41.4 Å². The van der Waals surface area contributed by atoms with Crippen LogP contribution in [0.15, 0.2) is 59.4 Å². The second-order valence-corrected chi connectivity index (χ2v) is 8.14. The maximum atomic E-state index is 13.2. The summed E-state index contributed by atoms with van der Waals surface area (Å²) in [6.45, 7) is 4.80. The molecule has 6 heteroatoms. The highest BCUT2D eigenvalue weighted by Gasteiger charge is 2.28. The first-order valence-electron chi connectivity index (χ1n) is 10.6. The van der Waals surface area contributed by atoms with Crippen molar-refractivity contribution in [2.45, 2.75) is 39.0 Å². The van der Waals surface area contributed by atoms with Crippen molar-refractivity contribution in [2.24, 2.45) is 0 Å². The summed E-state index contributed by atoms with van der Waals surface area (Å²) in [5.41, 5.74) is 4.14. The van der Waals surface area contributed by atoms with Crippen molar-refractivity contribution in [3.63, 3.8) is 0 Å². The average Bonchev–Trinajstić information content (AvgIpc) is 2.77. The number of hydrogen-bond acceptors (Lipinski definition) is 4. The maximum absolute atomic E-state index is 13.2. The van der Waals surface area contributed by atoms with E-state index in [4.69, 9.17) is 0 Å². The first-order chi connectivity index (χ1) is 14.7. The van der Waals surface area contributed by atoms with Crippen molar-refractivity contribution in [1.82, 2.24) is 14.5 Å². The number of anilines is 1. The van der Waals surface area contributed by atoms with Crippen molar-refractivity contribution < 1.29 is 4.39 Å². The standard InChI is InChI=1S/C24H25FN4O/c25-20-9-7-19(8-10-20)16-28-12-4-13-29-22-11-14-27(15-18-5-2-1-3-6-18)17-21(22)23(30)26-24(28)29/h1-3,5-10H,4,11-17H2. The number of nitrogens with zero attached hydrogens (tertiary/aromatic N) is 4. The Balaban J connectivity index is 1.41. The maximum Gasteiger partial charge on any atom is 0.279 e. The predicted molar refractivity (Wildman–Crippen MR) is 115 cm³/mol. The largest absolute Gasteiger partial charge is 0.338 e. The number of aromatic nitrogens is 2. The minimum atomic E-state index is -0.235. The third kappa shape index (κ3) is 3.75. The molecule has 5 rings (SSSR count). The van der Waals surface area contributed by atoms with Gasteiger partial charge in [-0.05, 0) is 29.7 Å². The fourth-order valence-electron chi connectivity index (χ4n) is 4.57. The van der Waals surface area contributed by atoms with Crippen LogP contribution in [0, 0.1) is 5.82 Å². The molecular weight excluding hydrogens is 379 g/mol. The van der Waals surface area contributed by atoms with Crippen LogP contribution in [0.1, 0.15) is 28.8 Å². The Labute approximate surface area is 175 Å². The molecule has 0 saturated heterocycles. The van der Waals surface area contributed by atoms with E-state index in [1.807, 2.05) is 6.07 Å². The number of halogens is 1. The molecule has 1 aromatic heterocycles. The van der Waals surface area contributed by atoms with Crippen LogP contribution < -0.4 is 10.5 Å². The van der Waals surface area contributed by atoms with Crippen molar-refractivity contribution >= 4 is 5.95 Å². The summed E-state index contributed by atoms with van der Waals surface area (Å²) in [6.07, 6.45) is 1.87. The number of fused-ring (bicyclic) bond motifs is 3. The monoisotopic (exact) mass is 404 g/mol. The molecule has 0 unspecified atom stereocenters. The van der Waals surface area contributed by atoms with E-state index in [0.29, 0.717) is 13.1 Å². The molecule has 2 aliphatic rings. The van der Waals surface area contributed by atoms with Crippen molar-refractivity contribution in [2.75, 3.05) is 18.0 Å². The fraction of sp³-hybridized carbons (Fsp3) is 0.333. The van der Waals surface area contributed by atoms with E-state index in [1.54, 1.807) is 12.1 Å². The van der Waals surface area contributed by atoms with Gasteiger partial charge < -0.3 is 9.47 Å². The molecular formula is C24H25FN4O. The zero-order valence-electron chi connectivity index (χ0n) is 16.9. The van der Waals surface area contributed by atoms with E-state index in [9.17, 15) is 9.18 Å². The SMILES string of the molecule is O=c1nc2n(c3c1CN(Cc1ccccc1)CC3)CCCN2Cc1ccc(F)cc1. The van der Waals surface area contributed by atoms with E-state index in [0.717, 1.165) is 61.8 Å². The van der Waals surface area contributed by atoms with Gasteiger partial charge in [0, 0.05) is 51.4 Å². The van der Waals surface area contributed by atoms with Crippen LogP contribution in [0.3, 0.4) is 0 Å². The molecule has 3 heterocycles. The Kier molecular flexibility index (Phi) is 5.09. The third-order valence-electron chi connectivity index (χ3n) is 6.05. The van der Waals surface area contributed by atoms with Crippen molar-refractivity contribution in [1.29, 1.82) is 0 Å². The predicted octanol–water partition coefficient (Wildman–Crippen LogP) is 3.35. The lowest BCUT2D eigenvalue weighted by atomic mass is 10.0. The molecule has 0 spiro atoms. The zero-order valence-corrected chi connectivity index (χ0v) is 16.9. The van der Waals surface area contributed by atoms with Gasteiger partial charge in [-0.25, -0.2) is 4.39 Å². The Morgan fingerprint density at radius 3 is 2.47 bits per heavy atom. The lowest BCUT2D eigenvalue weighted by molar-refractivity contribution is 0.237. The molecule has 3 aromatic rings. The van der Waals surface area contributed by atoms with Gasteiger partial charge in [0.25, 0.3) is 5.56 Å². The third-order valence-corrected chi connectivity index (χ3v) is 6.05. The first kappa shape index (κ1) is 19.0. The van der Waals surface area contributed by atoms with E-state index in [-0.39, 0.29) is 11.4 Å². The van der Waals surface area contributed by atoms with E-state index >= 15 is 0 Å². The summed E-state index contributed by atoms with van der Waals surface area (Å²) >= 11 is 0. The van der Waals surface area contributed by atoms with Crippen LogP contribution >= 0.6 is 0 Å². The summed E-state index contributed by atoms with van der Waals surface area (Å²) in [6, 6.07) is 16.9. The molecule has 2 aliphatic heterocycles. The van der Waals surface area contributed by atoms with E-state index in [1.165, 1.54) is 17.7 Å². The summed E-state index contributed by atoms with van der Waals surface area (Å²) in [7, 11) is 0. The number of hydrogen-bond donors (Lipinski definition) is 0. The Morgan fingerprint density at radius 1 is 0.900 bits per heavy atom. The fourth-order valence-corrected chi connectivity index (χ4v) is 4.57. The van der Waals surface area contributed by atoms with Crippen molar-refractivity contribution in [3.8, 4) is 0 Å². The molecule has 2 aromatic carbocycles. The van der Waals surface area contributed by atoms with Gasteiger partial charge >= 0.3 is 0 Å². The van der Waals surface area contributed by atoms with Crippen LogP contribution in [0.25, 0.3) is 0 Å². The van der Waals surface area contributed by atoms with E-state index < -0.39 is 0 Å². The second-order valence-electron chi connectivity index (χ2n) is 8.14. The molecule has 0 aliphatic carbocycles. The molecule has 0 bridgehead atoms. The molecule has 30 heavy (non-hydrogen) atoms. The van der Waals surface area contributed by atoms with Crippen LogP contribution in [-0.2, 0) is 32.6 Å². The molecule has 5 nitrogen and oxygen atoms in total. The Bertz CT molecular complexity index is 1090. The smallest absolute Gasteiger partial charge is 0.279 e. The Hall–Kier alpha value is -2.99. The number of rotatable bonds is 4. The van der Waals surface area contributed by atoms with Gasteiger partial charge in [-0.15, -0.1) is 0 Å².